The van der Waals surface area contributed by atoms with Gasteiger partial charge in [-0.25, -0.2) is 4.98 Å². The highest BCUT2D eigenvalue weighted by Gasteiger charge is 2.02. The number of fused-ring (bicyclic) bond motifs is 1. The second-order valence-electron chi connectivity index (χ2n) is 3.06. The Morgan fingerprint density at radius 1 is 1.43 bits per heavy atom. The first-order valence-corrected chi connectivity index (χ1v) is 6.28. The van der Waals surface area contributed by atoms with Gasteiger partial charge in [0, 0.05) is 4.88 Å². The average molecular weight is 244 g/mol. The standard InChI is InChI=1S/C10H10ClNS2/c11-10-4-3-9-8(12-10)6-7(14-9)2-1-5-13/h3-4,6,13H,1-2,5H2. The number of thiol groups is 1. The molecular weight excluding hydrogens is 234 g/mol. The summed E-state index contributed by atoms with van der Waals surface area (Å²) in [5, 5.41) is 0.566. The van der Waals surface area contributed by atoms with Gasteiger partial charge in [-0.15, -0.1) is 11.3 Å². The van der Waals surface area contributed by atoms with Crippen LogP contribution in [0.5, 0.6) is 0 Å². The van der Waals surface area contributed by atoms with Crippen molar-refractivity contribution in [1.82, 2.24) is 4.98 Å². The minimum Gasteiger partial charge on any atom is -0.235 e. The van der Waals surface area contributed by atoms with Crippen LogP contribution in [-0.4, -0.2) is 10.7 Å². The van der Waals surface area contributed by atoms with E-state index in [0.29, 0.717) is 5.15 Å². The van der Waals surface area contributed by atoms with Crippen molar-refractivity contribution in [2.24, 2.45) is 0 Å². The van der Waals surface area contributed by atoms with E-state index in [4.69, 9.17) is 11.6 Å². The summed E-state index contributed by atoms with van der Waals surface area (Å²) in [5.74, 6) is 0.933. The molecule has 0 spiro atoms. The Morgan fingerprint density at radius 3 is 3.07 bits per heavy atom. The van der Waals surface area contributed by atoms with Crippen LogP contribution in [0, 0.1) is 0 Å². The molecule has 0 N–H and O–H groups in total. The molecule has 0 saturated carbocycles. The lowest BCUT2D eigenvalue weighted by molar-refractivity contribution is 0.956. The normalized spacial score (nSPS) is 11.0. The zero-order valence-corrected chi connectivity index (χ0v) is 10.0. The molecule has 74 valence electrons. The van der Waals surface area contributed by atoms with Crippen molar-refractivity contribution in [3.05, 3.63) is 28.2 Å². The zero-order chi connectivity index (χ0) is 9.97. The van der Waals surface area contributed by atoms with Crippen molar-refractivity contribution in [2.75, 3.05) is 5.75 Å². The fourth-order valence-electron chi connectivity index (χ4n) is 1.33. The Bertz CT molecular complexity index is 439. The van der Waals surface area contributed by atoms with Crippen LogP contribution in [0.4, 0.5) is 0 Å². The molecule has 2 aromatic rings. The van der Waals surface area contributed by atoms with Gasteiger partial charge in [-0.3, -0.25) is 0 Å². The van der Waals surface area contributed by atoms with Crippen molar-refractivity contribution in [1.29, 1.82) is 0 Å². The quantitative estimate of drug-likeness (QED) is 0.639. The van der Waals surface area contributed by atoms with E-state index in [-0.39, 0.29) is 0 Å². The monoisotopic (exact) mass is 243 g/mol. The summed E-state index contributed by atoms with van der Waals surface area (Å²) in [6.07, 6.45) is 2.20. The molecule has 1 nitrogen and oxygen atoms in total. The lowest BCUT2D eigenvalue weighted by atomic mass is 10.3. The topological polar surface area (TPSA) is 12.9 Å². The molecule has 0 atom stereocenters. The molecule has 0 amide bonds. The van der Waals surface area contributed by atoms with Gasteiger partial charge >= 0.3 is 0 Å². The van der Waals surface area contributed by atoms with E-state index in [0.717, 1.165) is 24.1 Å². The maximum atomic E-state index is 5.81. The zero-order valence-electron chi connectivity index (χ0n) is 7.53. The van der Waals surface area contributed by atoms with Gasteiger partial charge in [-0.1, -0.05) is 11.6 Å². The Balaban J connectivity index is 2.32. The average Bonchev–Trinajstić information content (AvgIpc) is 2.56. The Labute approximate surface area is 97.5 Å². The fourth-order valence-corrected chi connectivity index (χ4v) is 2.68. The molecule has 0 saturated heterocycles. The summed E-state index contributed by atoms with van der Waals surface area (Å²) in [6.45, 7) is 0. The van der Waals surface area contributed by atoms with E-state index in [1.54, 1.807) is 11.3 Å². The van der Waals surface area contributed by atoms with Gasteiger partial charge in [0.2, 0.25) is 0 Å². The Hall–Kier alpha value is -0.250. The fraction of sp³-hybridized carbons (Fsp3) is 0.300. The molecule has 14 heavy (non-hydrogen) atoms. The number of halogens is 1. The van der Waals surface area contributed by atoms with Crippen molar-refractivity contribution < 1.29 is 0 Å². The van der Waals surface area contributed by atoms with Gasteiger partial charge in [0.15, 0.2) is 0 Å². The summed E-state index contributed by atoms with van der Waals surface area (Å²) in [5.41, 5.74) is 1.01. The molecule has 2 rings (SSSR count). The Kier molecular flexibility index (Phi) is 3.31. The van der Waals surface area contributed by atoms with E-state index in [9.17, 15) is 0 Å². The molecule has 0 aliphatic rings. The molecule has 0 radical (unpaired) electrons. The number of nitrogens with zero attached hydrogens (tertiary/aromatic N) is 1. The van der Waals surface area contributed by atoms with E-state index in [1.807, 2.05) is 12.1 Å². The SMILES string of the molecule is SCCCc1cc2nc(Cl)ccc2s1. The second-order valence-corrected chi connectivity index (χ2v) is 5.06. The highest BCUT2D eigenvalue weighted by Crippen LogP contribution is 2.26. The molecule has 0 aliphatic carbocycles. The third-order valence-electron chi connectivity index (χ3n) is 1.97. The van der Waals surface area contributed by atoms with Crippen molar-refractivity contribution in [3.63, 3.8) is 0 Å². The maximum absolute atomic E-state index is 5.81. The number of aromatic nitrogens is 1. The molecule has 2 aromatic heterocycles. The van der Waals surface area contributed by atoms with Crippen LogP contribution in [0.3, 0.4) is 0 Å². The minimum absolute atomic E-state index is 0.566. The van der Waals surface area contributed by atoms with Crippen LogP contribution >= 0.6 is 35.6 Å². The van der Waals surface area contributed by atoms with Crippen LogP contribution < -0.4 is 0 Å². The third kappa shape index (κ3) is 2.22. The van der Waals surface area contributed by atoms with Gasteiger partial charge in [-0.05, 0) is 36.8 Å². The van der Waals surface area contributed by atoms with Gasteiger partial charge < -0.3 is 0 Å². The molecule has 0 bridgehead atoms. The lowest BCUT2D eigenvalue weighted by Gasteiger charge is -1.90. The smallest absolute Gasteiger partial charge is 0.129 e. The van der Waals surface area contributed by atoms with Crippen LogP contribution in [0.15, 0.2) is 18.2 Å². The first-order chi connectivity index (χ1) is 6.79. The van der Waals surface area contributed by atoms with E-state index < -0.39 is 0 Å². The number of pyridine rings is 1. The summed E-state index contributed by atoms with van der Waals surface area (Å²) < 4.78 is 1.21. The molecule has 0 aliphatic heterocycles. The number of hydrogen-bond donors (Lipinski definition) is 1. The minimum atomic E-state index is 0.566. The molecule has 0 fully saturated rings. The predicted molar refractivity (Wildman–Crippen MR) is 66.8 cm³/mol. The number of thiophene rings is 1. The highest BCUT2D eigenvalue weighted by atomic mass is 35.5. The van der Waals surface area contributed by atoms with Crippen LogP contribution in [0.25, 0.3) is 10.2 Å². The summed E-state index contributed by atoms with van der Waals surface area (Å²) >= 11 is 11.8. The first-order valence-electron chi connectivity index (χ1n) is 4.45. The van der Waals surface area contributed by atoms with Crippen molar-refractivity contribution in [3.8, 4) is 0 Å². The van der Waals surface area contributed by atoms with E-state index >= 15 is 0 Å². The van der Waals surface area contributed by atoms with E-state index in [1.165, 1.54) is 9.58 Å². The Morgan fingerprint density at radius 2 is 2.29 bits per heavy atom. The van der Waals surface area contributed by atoms with Crippen molar-refractivity contribution in [2.45, 2.75) is 12.8 Å². The van der Waals surface area contributed by atoms with Gasteiger partial charge in [0.05, 0.1) is 10.2 Å². The molecule has 0 aromatic carbocycles. The molecule has 2 heterocycles. The third-order valence-corrected chi connectivity index (χ3v) is 3.65. The van der Waals surface area contributed by atoms with Gasteiger partial charge in [0.25, 0.3) is 0 Å². The predicted octanol–water partition coefficient (Wildman–Crippen LogP) is 3.81. The second kappa shape index (κ2) is 4.51. The first kappa shape index (κ1) is 10.3. The molecule has 0 unspecified atom stereocenters. The highest BCUT2D eigenvalue weighted by molar-refractivity contribution is 7.80. The van der Waals surface area contributed by atoms with Gasteiger partial charge in [0.1, 0.15) is 5.15 Å². The lowest BCUT2D eigenvalue weighted by Crippen LogP contribution is -1.80. The summed E-state index contributed by atoms with van der Waals surface area (Å²) in [6, 6.07) is 5.98. The van der Waals surface area contributed by atoms with E-state index in [2.05, 4.69) is 23.7 Å². The number of rotatable bonds is 3. The largest absolute Gasteiger partial charge is 0.235 e. The van der Waals surface area contributed by atoms with Crippen LogP contribution in [0.1, 0.15) is 11.3 Å². The van der Waals surface area contributed by atoms with Gasteiger partial charge in [-0.2, -0.15) is 12.6 Å². The van der Waals surface area contributed by atoms with Crippen LogP contribution in [-0.2, 0) is 6.42 Å². The number of hydrogen-bond acceptors (Lipinski definition) is 3. The molecule has 4 heteroatoms. The number of aryl methyl sites for hydroxylation is 1. The van der Waals surface area contributed by atoms with Crippen molar-refractivity contribution >= 4 is 45.8 Å². The van der Waals surface area contributed by atoms with Crippen LogP contribution in [0.2, 0.25) is 5.15 Å². The summed E-state index contributed by atoms with van der Waals surface area (Å²) in [7, 11) is 0. The molecular formula is C10H10ClNS2. The maximum Gasteiger partial charge on any atom is 0.129 e. The summed E-state index contributed by atoms with van der Waals surface area (Å²) in [4.78, 5) is 5.63.